The average molecular weight is 215 g/mol. The molecule has 0 spiro atoms. The molecule has 0 aromatic carbocycles. The zero-order valence-electron chi connectivity index (χ0n) is 10.00. The van der Waals surface area contributed by atoms with Crippen LogP contribution < -0.4 is 11.1 Å². The Balaban J connectivity index is 2.45. The smallest absolute Gasteiger partial charge is 0.0443 e. The summed E-state index contributed by atoms with van der Waals surface area (Å²) in [5.74, 6) is 0. The van der Waals surface area contributed by atoms with E-state index < -0.39 is 0 Å². The van der Waals surface area contributed by atoms with Crippen molar-refractivity contribution in [3.8, 4) is 0 Å². The van der Waals surface area contributed by atoms with Crippen molar-refractivity contribution in [2.75, 3.05) is 33.3 Å². The van der Waals surface area contributed by atoms with Gasteiger partial charge in [0.1, 0.15) is 0 Å². The molecule has 1 aliphatic heterocycles. The molecule has 4 N–H and O–H groups in total. The monoisotopic (exact) mass is 215 g/mol. The predicted molar refractivity (Wildman–Crippen MR) is 62.8 cm³/mol. The van der Waals surface area contributed by atoms with Gasteiger partial charge >= 0.3 is 0 Å². The van der Waals surface area contributed by atoms with Crippen molar-refractivity contribution in [1.82, 2.24) is 10.2 Å². The van der Waals surface area contributed by atoms with Gasteiger partial charge in [0.05, 0.1) is 0 Å². The minimum absolute atomic E-state index is 0.0983. The lowest BCUT2D eigenvalue weighted by molar-refractivity contribution is 0.110. The lowest BCUT2D eigenvalue weighted by atomic mass is 9.83. The highest BCUT2D eigenvalue weighted by molar-refractivity contribution is 4.96. The van der Waals surface area contributed by atoms with Crippen molar-refractivity contribution in [3.05, 3.63) is 0 Å². The van der Waals surface area contributed by atoms with Crippen molar-refractivity contribution in [3.63, 3.8) is 0 Å². The van der Waals surface area contributed by atoms with Crippen LogP contribution in [0.4, 0.5) is 0 Å². The molecule has 4 nitrogen and oxygen atoms in total. The number of likely N-dealkylation sites (tertiary alicyclic amines) is 1. The summed E-state index contributed by atoms with van der Waals surface area (Å²) in [4.78, 5) is 2.38. The lowest BCUT2D eigenvalue weighted by Gasteiger charge is -2.44. The van der Waals surface area contributed by atoms with Gasteiger partial charge in [-0.05, 0) is 46.3 Å². The summed E-state index contributed by atoms with van der Waals surface area (Å²) in [6.45, 7) is 5.16. The number of nitrogens with two attached hydrogens (primary N) is 1. The summed E-state index contributed by atoms with van der Waals surface area (Å²) in [5, 5.41) is 12.3. The van der Waals surface area contributed by atoms with Gasteiger partial charge in [-0.25, -0.2) is 0 Å². The Morgan fingerprint density at radius 2 is 2.33 bits per heavy atom. The molecule has 1 rings (SSSR count). The molecule has 0 aliphatic carbocycles. The zero-order valence-corrected chi connectivity index (χ0v) is 10.00. The molecule has 0 aromatic rings. The van der Waals surface area contributed by atoms with E-state index in [-0.39, 0.29) is 12.1 Å². The summed E-state index contributed by atoms with van der Waals surface area (Å²) in [6.07, 6.45) is 3.02. The third-order valence-electron chi connectivity index (χ3n) is 3.61. The molecular weight excluding hydrogens is 190 g/mol. The van der Waals surface area contributed by atoms with E-state index in [1.807, 2.05) is 0 Å². The Bertz CT molecular complexity index is 189. The predicted octanol–water partition coefficient (Wildman–Crippen LogP) is -0.230. The Morgan fingerprint density at radius 1 is 1.60 bits per heavy atom. The van der Waals surface area contributed by atoms with E-state index in [0.29, 0.717) is 12.6 Å². The van der Waals surface area contributed by atoms with E-state index in [1.165, 1.54) is 0 Å². The maximum absolute atomic E-state index is 8.77. The van der Waals surface area contributed by atoms with Gasteiger partial charge in [-0.3, -0.25) is 0 Å². The Labute approximate surface area is 92.8 Å². The number of hydrogen-bond donors (Lipinski definition) is 3. The second-order valence-corrected chi connectivity index (χ2v) is 4.77. The molecule has 1 aliphatic rings. The second-order valence-electron chi connectivity index (χ2n) is 4.77. The molecule has 0 aromatic heterocycles. The number of hydrogen-bond acceptors (Lipinski definition) is 4. The molecule has 15 heavy (non-hydrogen) atoms. The van der Waals surface area contributed by atoms with Crippen LogP contribution in [0.15, 0.2) is 0 Å². The van der Waals surface area contributed by atoms with Crippen molar-refractivity contribution in [2.45, 2.75) is 37.8 Å². The normalized spacial score (nSPS) is 33.2. The van der Waals surface area contributed by atoms with E-state index in [9.17, 15) is 0 Å². The van der Waals surface area contributed by atoms with E-state index in [4.69, 9.17) is 10.8 Å². The van der Waals surface area contributed by atoms with E-state index >= 15 is 0 Å². The molecule has 0 saturated carbocycles. The average Bonchev–Trinajstić information content (AvgIpc) is 2.24. The van der Waals surface area contributed by atoms with Crippen LogP contribution in [-0.2, 0) is 0 Å². The largest absolute Gasteiger partial charge is 0.396 e. The summed E-state index contributed by atoms with van der Waals surface area (Å²) in [7, 11) is 2.17. The number of aliphatic hydroxyl groups is 1. The van der Waals surface area contributed by atoms with Gasteiger partial charge in [-0.15, -0.1) is 0 Å². The van der Waals surface area contributed by atoms with Crippen LogP contribution in [-0.4, -0.2) is 54.9 Å². The number of nitrogens with zero attached hydrogens (tertiary/aromatic N) is 1. The standard InChI is InChI=1S/C11H25N3O/c1-10-8-11(9-12,4-6-14(10)2)13-5-3-7-15/h10,13,15H,3-9,12H2,1-2H3. The number of aliphatic hydroxyl groups excluding tert-OH is 1. The first-order valence-corrected chi connectivity index (χ1v) is 5.90. The summed E-state index contributed by atoms with van der Waals surface area (Å²) >= 11 is 0. The molecule has 0 amide bonds. The third kappa shape index (κ3) is 3.41. The molecule has 4 heteroatoms. The fourth-order valence-corrected chi connectivity index (χ4v) is 2.28. The third-order valence-corrected chi connectivity index (χ3v) is 3.61. The highest BCUT2D eigenvalue weighted by Gasteiger charge is 2.35. The van der Waals surface area contributed by atoms with Crippen molar-refractivity contribution in [2.24, 2.45) is 5.73 Å². The van der Waals surface area contributed by atoms with Crippen molar-refractivity contribution >= 4 is 0 Å². The van der Waals surface area contributed by atoms with Gasteiger partial charge in [0, 0.05) is 24.7 Å². The molecule has 1 fully saturated rings. The van der Waals surface area contributed by atoms with Crippen LogP contribution >= 0.6 is 0 Å². The quantitative estimate of drug-likeness (QED) is 0.554. The first-order chi connectivity index (χ1) is 7.13. The molecule has 2 unspecified atom stereocenters. The second kappa shape index (κ2) is 5.80. The maximum Gasteiger partial charge on any atom is 0.0443 e. The van der Waals surface area contributed by atoms with Crippen LogP contribution in [0.2, 0.25) is 0 Å². The van der Waals surface area contributed by atoms with Gasteiger partial charge in [0.25, 0.3) is 0 Å². The molecule has 2 atom stereocenters. The highest BCUT2D eigenvalue weighted by Crippen LogP contribution is 2.24. The summed E-state index contributed by atoms with van der Waals surface area (Å²) in [6, 6.07) is 0.587. The van der Waals surface area contributed by atoms with E-state index in [0.717, 1.165) is 32.4 Å². The van der Waals surface area contributed by atoms with Crippen LogP contribution in [0, 0.1) is 0 Å². The van der Waals surface area contributed by atoms with Crippen molar-refractivity contribution < 1.29 is 5.11 Å². The first kappa shape index (κ1) is 12.9. The van der Waals surface area contributed by atoms with E-state index in [2.05, 4.69) is 24.2 Å². The molecule has 1 saturated heterocycles. The molecule has 0 radical (unpaired) electrons. The summed E-state index contributed by atoms with van der Waals surface area (Å²) < 4.78 is 0. The minimum Gasteiger partial charge on any atom is -0.396 e. The van der Waals surface area contributed by atoms with E-state index in [1.54, 1.807) is 0 Å². The molecule has 1 heterocycles. The maximum atomic E-state index is 8.77. The fourth-order valence-electron chi connectivity index (χ4n) is 2.28. The lowest BCUT2D eigenvalue weighted by Crippen LogP contribution is -2.59. The number of nitrogens with one attached hydrogen (secondary N) is 1. The topological polar surface area (TPSA) is 61.5 Å². The molecule has 90 valence electrons. The van der Waals surface area contributed by atoms with Gasteiger partial charge in [0.15, 0.2) is 0 Å². The first-order valence-electron chi connectivity index (χ1n) is 5.90. The van der Waals surface area contributed by atoms with Gasteiger partial charge in [-0.1, -0.05) is 0 Å². The number of piperidine rings is 1. The van der Waals surface area contributed by atoms with Crippen LogP contribution in [0.25, 0.3) is 0 Å². The van der Waals surface area contributed by atoms with Crippen LogP contribution in [0.1, 0.15) is 26.2 Å². The zero-order chi connectivity index (χ0) is 11.3. The minimum atomic E-state index is 0.0983. The molecular formula is C11H25N3O. The Hall–Kier alpha value is -0.160. The van der Waals surface area contributed by atoms with Crippen LogP contribution in [0.3, 0.4) is 0 Å². The van der Waals surface area contributed by atoms with Gasteiger partial charge in [0.2, 0.25) is 0 Å². The Morgan fingerprint density at radius 3 is 2.87 bits per heavy atom. The SMILES string of the molecule is CC1CC(CN)(NCCCO)CCN1C. The molecule has 0 bridgehead atoms. The van der Waals surface area contributed by atoms with Crippen LogP contribution in [0.5, 0.6) is 0 Å². The highest BCUT2D eigenvalue weighted by atomic mass is 16.3. The van der Waals surface area contributed by atoms with Crippen molar-refractivity contribution in [1.29, 1.82) is 0 Å². The van der Waals surface area contributed by atoms with Gasteiger partial charge in [-0.2, -0.15) is 0 Å². The van der Waals surface area contributed by atoms with Gasteiger partial charge < -0.3 is 21.1 Å². The fraction of sp³-hybridized carbons (Fsp3) is 1.00. The summed E-state index contributed by atoms with van der Waals surface area (Å²) in [5.41, 5.74) is 5.98. The number of rotatable bonds is 5. The Kier molecular flexibility index (Phi) is 4.99.